The lowest BCUT2D eigenvalue weighted by Gasteiger charge is -2.56. The number of benzene rings is 1. The molecule has 0 atom stereocenters. The Kier molecular flexibility index (Phi) is 8.23. The second kappa shape index (κ2) is 11.3. The van der Waals surface area contributed by atoms with Crippen LogP contribution >= 0.6 is 11.3 Å². The Balaban J connectivity index is 1.23. The van der Waals surface area contributed by atoms with Crippen LogP contribution in [0.4, 0.5) is 9.52 Å². The van der Waals surface area contributed by atoms with Crippen molar-refractivity contribution in [2.75, 3.05) is 19.0 Å². The lowest BCUT2D eigenvalue weighted by Crippen LogP contribution is -2.56. The van der Waals surface area contributed by atoms with Gasteiger partial charge in [0.15, 0.2) is 8.32 Å². The number of rotatable bonds is 9. The van der Waals surface area contributed by atoms with Crippen molar-refractivity contribution in [2.24, 2.45) is 5.41 Å². The number of pyridine rings is 1. The summed E-state index contributed by atoms with van der Waals surface area (Å²) in [5, 5.41) is 12.0. The molecular formula is C31H41FN4O4SSi. The Morgan fingerprint density at radius 3 is 2.45 bits per heavy atom. The number of fused-ring (bicyclic) bond motifs is 3. The van der Waals surface area contributed by atoms with Crippen molar-refractivity contribution in [1.82, 2.24) is 15.2 Å². The molecule has 3 aromatic rings. The van der Waals surface area contributed by atoms with E-state index >= 15 is 0 Å². The van der Waals surface area contributed by atoms with Crippen LogP contribution in [0.15, 0.2) is 30.5 Å². The van der Waals surface area contributed by atoms with Crippen LogP contribution in [-0.4, -0.2) is 48.7 Å². The molecule has 2 aromatic heterocycles. The molecule has 0 saturated heterocycles. The van der Waals surface area contributed by atoms with Gasteiger partial charge in [0, 0.05) is 22.9 Å². The number of hydrogen-bond donors (Lipinski definition) is 1. The molecule has 3 saturated carbocycles. The van der Waals surface area contributed by atoms with E-state index in [1.807, 2.05) is 0 Å². The monoisotopic (exact) mass is 612 g/mol. The summed E-state index contributed by atoms with van der Waals surface area (Å²) < 4.78 is 33.4. The Bertz CT molecular complexity index is 1450. The number of nitrogens with zero attached hydrogens (tertiary/aromatic N) is 3. The molecule has 1 amide bonds. The van der Waals surface area contributed by atoms with E-state index < -0.39 is 20.0 Å². The fourth-order valence-electron chi connectivity index (χ4n) is 5.87. The minimum atomic E-state index is -1.84. The van der Waals surface area contributed by atoms with Gasteiger partial charge in [0.05, 0.1) is 30.4 Å². The van der Waals surface area contributed by atoms with Gasteiger partial charge in [-0.1, -0.05) is 31.9 Å². The normalized spacial score (nSPS) is 22.2. The standard InChI is InChI=1S/C31H41FN4O4SSi/c1-20-17-21(25-23(32)9-8-10-24(25)38-5)22(18-33-20)26(37)34-27-35-36-28(41-27)39-19-30-11-14-31(15-12-30,16-13-30)40-42(6,7)29(2,3)4/h8-10,17-18H,11-16,19H2,1-7H3,(H,34,35,37). The van der Waals surface area contributed by atoms with E-state index in [0.717, 1.165) is 38.5 Å². The zero-order valence-corrected chi connectivity index (χ0v) is 27.4. The van der Waals surface area contributed by atoms with Crippen molar-refractivity contribution in [3.63, 3.8) is 0 Å². The lowest BCUT2D eigenvalue weighted by atomic mass is 9.59. The molecule has 1 N–H and O–H groups in total. The number of anilines is 1. The third-order valence-corrected chi connectivity index (χ3v) is 14.8. The molecule has 42 heavy (non-hydrogen) atoms. The fourth-order valence-corrected chi connectivity index (χ4v) is 8.16. The first-order valence-corrected chi connectivity index (χ1v) is 18.3. The molecule has 3 aliphatic carbocycles. The largest absolute Gasteiger partial charge is 0.496 e. The minimum Gasteiger partial charge on any atom is -0.496 e. The molecule has 0 spiro atoms. The Morgan fingerprint density at radius 2 is 1.81 bits per heavy atom. The van der Waals surface area contributed by atoms with Crippen molar-refractivity contribution in [3.05, 3.63) is 47.5 Å². The molecule has 0 radical (unpaired) electrons. The summed E-state index contributed by atoms with van der Waals surface area (Å²) in [5.74, 6) is -0.634. The number of ether oxygens (including phenoxy) is 2. The number of amides is 1. The molecule has 3 aliphatic rings. The summed E-state index contributed by atoms with van der Waals surface area (Å²) >= 11 is 1.18. The SMILES string of the molecule is COc1cccc(F)c1-c1cc(C)ncc1C(=O)Nc1nnc(OCC23CCC(O[Si](C)(C)C(C)(C)C)(CC2)CC3)s1. The third kappa shape index (κ3) is 6.09. The average molecular weight is 613 g/mol. The number of nitrogens with one attached hydrogen (secondary N) is 1. The van der Waals surface area contributed by atoms with Gasteiger partial charge in [-0.3, -0.25) is 15.1 Å². The lowest BCUT2D eigenvalue weighted by molar-refractivity contribution is -0.0945. The highest BCUT2D eigenvalue weighted by Gasteiger charge is 2.53. The van der Waals surface area contributed by atoms with Crippen LogP contribution in [0.2, 0.25) is 18.1 Å². The predicted octanol–water partition coefficient (Wildman–Crippen LogP) is 7.80. The van der Waals surface area contributed by atoms with Crippen LogP contribution in [0.5, 0.6) is 10.9 Å². The molecule has 0 unspecified atom stereocenters. The maximum absolute atomic E-state index is 14.9. The zero-order valence-electron chi connectivity index (χ0n) is 25.6. The van der Waals surface area contributed by atoms with Crippen LogP contribution in [0.25, 0.3) is 11.1 Å². The van der Waals surface area contributed by atoms with Crippen molar-refractivity contribution in [1.29, 1.82) is 0 Å². The van der Waals surface area contributed by atoms with Gasteiger partial charge in [-0.25, -0.2) is 4.39 Å². The van der Waals surface area contributed by atoms with Crippen LogP contribution in [0, 0.1) is 18.2 Å². The Hall–Kier alpha value is -2.89. The Morgan fingerprint density at radius 1 is 1.12 bits per heavy atom. The average Bonchev–Trinajstić information content (AvgIpc) is 3.39. The molecule has 226 valence electrons. The highest BCUT2D eigenvalue weighted by Crippen LogP contribution is 2.56. The summed E-state index contributed by atoms with van der Waals surface area (Å²) in [6.45, 7) is 14.0. The Labute approximate surface area is 252 Å². The number of carbonyl (C=O) groups is 1. The number of hydrogen-bond acceptors (Lipinski definition) is 8. The first-order chi connectivity index (χ1) is 19.8. The summed E-state index contributed by atoms with van der Waals surface area (Å²) in [6, 6.07) is 6.23. The highest BCUT2D eigenvalue weighted by molar-refractivity contribution is 7.17. The van der Waals surface area contributed by atoms with Gasteiger partial charge >= 0.3 is 0 Å². The second-order valence-electron chi connectivity index (χ2n) is 13.3. The minimum absolute atomic E-state index is 0.0152. The number of carbonyl (C=O) groups excluding carboxylic acids is 1. The number of aromatic nitrogens is 3. The van der Waals surface area contributed by atoms with Gasteiger partial charge in [0.25, 0.3) is 11.1 Å². The van der Waals surface area contributed by atoms with E-state index in [9.17, 15) is 9.18 Å². The zero-order chi connectivity index (χ0) is 30.3. The smallest absolute Gasteiger partial charge is 0.295 e. The van der Waals surface area contributed by atoms with Gasteiger partial charge in [-0.15, -0.1) is 5.10 Å². The topological polar surface area (TPSA) is 95.5 Å². The second-order valence-corrected chi connectivity index (χ2v) is 19.0. The molecule has 2 bridgehead atoms. The molecule has 8 nitrogen and oxygen atoms in total. The molecule has 1 aromatic carbocycles. The van der Waals surface area contributed by atoms with Gasteiger partial charge in [-0.2, -0.15) is 0 Å². The van der Waals surface area contributed by atoms with Crippen molar-refractivity contribution < 1.29 is 23.1 Å². The summed E-state index contributed by atoms with van der Waals surface area (Å²) in [5.41, 5.74) is 1.57. The van der Waals surface area contributed by atoms with Gasteiger partial charge < -0.3 is 13.9 Å². The van der Waals surface area contributed by atoms with E-state index in [1.165, 1.54) is 30.7 Å². The quantitative estimate of drug-likeness (QED) is 0.246. The van der Waals surface area contributed by atoms with Crippen molar-refractivity contribution >= 4 is 30.7 Å². The number of methoxy groups -OCH3 is 1. The van der Waals surface area contributed by atoms with Crippen LogP contribution in [-0.2, 0) is 4.43 Å². The van der Waals surface area contributed by atoms with E-state index in [1.54, 1.807) is 25.1 Å². The van der Waals surface area contributed by atoms with E-state index in [2.05, 4.69) is 54.4 Å². The van der Waals surface area contributed by atoms with Crippen LogP contribution in [0.3, 0.4) is 0 Å². The van der Waals surface area contributed by atoms with Crippen LogP contribution < -0.4 is 14.8 Å². The van der Waals surface area contributed by atoms with Crippen LogP contribution in [0.1, 0.15) is 75.3 Å². The predicted molar refractivity (Wildman–Crippen MR) is 165 cm³/mol. The van der Waals surface area contributed by atoms with E-state index in [-0.39, 0.29) is 27.2 Å². The molecule has 3 fully saturated rings. The summed E-state index contributed by atoms with van der Waals surface area (Å²) in [7, 11) is -0.370. The molecule has 2 heterocycles. The third-order valence-electron chi connectivity index (χ3n) is 9.49. The molecule has 6 rings (SSSR count). The maximum Gasteiger partial charge on any atom is 0.295 e. The number of aryl methyl sites for hydroxylation is 1. The van der Waals surface area contributed by atoms with Crippen molar-refractivity contribution in [2.45, 2.75) is 90.0 Å². The molecular weight excluding hydrogens is 572 g/mol. The maximum atomic E-state index is 14.9. The fraction of sp³-hybridized carbons (Fsp3) is 0.548. The van der Waals surface area contributed by atoms with E-state index in [4.69, 9.17) is 13.9 Å². The first kappa shape index (κ1) is 30.6. The highest BCUT2D eigenvalue weighted by atomic mass is 32.1. The molecule has 0 aliphatic heterocycles. The number of halogens is 1. The molecule has 11 heteroatoms. The van der Waals surface area contributed by atoms with Gasteiger partial charge in [0.2, 0.25) is 5.13 Å². The van der Waals surface area contributed by atoms with Gasteiger partial charge in [-0.05, 0) is 93.1 Å². The van der Waals surface area contributed by atoms with Gasteiger partial charge in [0.1, 0.15) is 11.6 Å². The summed E-state index contributed by atoms with van der Waals surface area (Å²) in [4.78, 5) is 17.6. The van der Waals surface area contributed by atoms with E-state index in [0.29, 0.717) is 33.9 Å². The van der Waals surface area contributed by atoms with Crippen molar-refractivity contribution in [3.8, 4) is 22.1 Å². The summed E-state index contributed by atoms with van der Waals surface area (Å²) in [6.07, 6.45) is 7.87. The first-order valence-electron chi connectivity index (χ1n) is 14.5.